The van der Waals surface area contributed by atoms with Gasteiger partial charge in [0.2, 0.25) is 5.91 Å². The predicted octanol–water partition coefficient (Wildman–Crippen LogP) is 3.33. The summed E-state index contributed by atoms with van der Waals surface area (Å²) < 4.78 is 38.6. The van der Waals surface area contributed by atoms with Crippen LogP contribution in [-0.2, 0) is 11.0 Å². The van der Waals surface area contributed by atoms with Crippen molar-refractivity contribution >= 4 is 28.9 Å². The van der Waals surface area contributed by atoms with E-state index in [1.165, 1.54) is 11.9 Å². The summed E-state index contributed by atoms with van der Waals surface area (Å²) in [5.74, 6) is 0.00310. The summed E-state index contributed by atoms with van der Waals surface area (Å²) >= 11 is 5.65. The first kappa shape index (κ1) is 18.3. The maximum absolute atomic E-state index is 12.9. The lowest BCUT2D eigenvalue weighted by Crippen LogP contribution is -2.34. The Kier molecular flexibility index (Phi) is 5.22. The molecule has 0 atom stereocenters. The number of benzene rings is 1. The monoisotopic (exact) mass is 365 g/mol. The Bertz CT molecular complexity index is 667. The minimum atomic E-state index is -4.78. The number of likely N-dealkylation sites (N-methyl/N-ethyl adjacent to an activating group) is 1. The van der Waals surface area contributed by atoms with E-state index in [2.05, 4.69) is 0 Å². The van der Waals surface area contributed by atoms with E-state index in [0.717, 1.165) is 12.5 Å². The molecule has 1 amide bonds. The molecule has 24 heavy (non-hydrogen) atoms. The number of carbonyl (C=O) groups is 1. The van der Waals surface area contributed by atoms with Crippen LogP contribution in [-0.4, -0.2) is 42.4 Å². The number of hydrogen-bond donors (Lipinski definition) is 0. The van der Waals surface area contributed by atoms with Crippen LogP contribution in [0.1, 0.15) is 18.4 Å². The highest BCUT2D eigenvalue weighted by Crippen LogP contribution is 2.41. The number of amides is 1. The Hall–Kier alpha value is -2.03. The van der Waals surface area contributed by atoms with E-state index in [-0.39, 0.29) is 18.1 Å². The SMILES string of the molecule is CN(CCN1CCCC1=O)c1cc(Cl)c(C(F)(F)F)cc1[N+](=O)[O-]. The molecule has 10 heteroatoms. The molecule has 0 radical (unpaired) electrons. The summed E-state index contributed by atoms with van der Waals surface area (Å²) in [7, 11) is 1.51. The van der Waals surface area contributed by atoms with E-state index in [0.29, 0.717) is 25.6 Å². The summed E-state index contributed by atoms with van der Waals surface area (Å²) in [5, 5.41) is 10.5. The Morgan fingerprint density at radius 1 is 1.42 bits per heavy atom. The minimum Gasteiger partial charge on any atom is -0.367 e. The molecule has 0 spiro atoms. The molecule has 1 heterocycles. The zero-order valence-electron chi connectivity index (χ0n) is 12.8. The number of halogens is 4. The highest BCUT2D eigenvalue weighted by Gasteiger charge is 2.36. The van der Waals surface area contributed by atoms with Crippen molar-refractivity contribution in [3.63, 3.8) is 0 Å². The summed E-state index contributed by atoms with van der Waals surface area (Å²) in [6, 6.07) is 1.38. The van der Waals surface area contributed by atoms with Crippen LogP contribution in [0, 0.1) is 10.1 Å². The third kappa shape index (κ3) is 3.89. The molecule has 132 valence electrons. The van der Waals surface area contributed by atoms with Gasteiger partial charge in [-0.3, -0.25) is 14.9 Å². The first-order valence-electron chi connectivity index (χ1n) is 7.15. The normalized spacial score (nSPS) is 15.0. The minimum absolute atomic E-state index is 0.00310. The van der Waals surface area contributed by atoms with Crippen molar-refractivity contribution in [3.05, 3.63) is 32.8 Å². The van der Waals surface area contributed by atoms with Gasteiger partial charge in [-0.1, -0.05) is 11.6 Å². The van der Waals surface area contributed by atoms with Gasteiger partial charge in [-0.05, 0) is 12.5 Å². The van der Waals surface area contributed by atoms with Gasteiger partial charge in [0.15, 0.2) is 0 Å². The smallest absolute Gasteiger partial charge is 0.367 e. The molecule has 0 aliphatic carbocycles. The third-order valence-electron chi connectivity index (χ3n) is 3.85. The van der Waals surface area contributed by atoms with Crippen molar-refractivity contribution in [2.45, 2.75) is 19.0 Å². The molecule has 0 aromatic heterocycles. The second-order valence-corrected chi connectivity index (χ2v) is 5.89. The Balaban J connectivity index is 2.26. The standard InChI is InChI=1S/C14H15ClF3N3O3/c1-19(5-6-20-4-2-3-13(20)22)11-8-10(15)9(14(16,17)18)7-12(11)21(23)24/h7-8H,2-6H2,1H3. The first-order valence-corrected chi connectivity index (χ1v) is 7.53. The number of nitrogens with zero attached hydrogens (tertiary/aromatic N) is 3. The Labute approximate surface area is 140 Å². The molecular formula is C14H15ClF3N3O3. The number of alkyl halides is 3. The summed E-state index contributed by atoms with van der Waals surface area (Å²) in [6.07, 6.45) is -3.55. The van der Waals surface area contributed by atoms with Gasteiger partial charge in [0.05, 0.1) is 15.5 Å². The van der Waals surface area contributed by atoms with E-state index >= 15 is 0 Å². The van der Waals surface area contributed by atoms with Gasteiger partial charge in [-0.25, -0.2) is 0 Å². The van der Waals surface area contributed by atoms with Crippen molar-refractivity contribution in [2.24, 2.45) is 0 Å². The summed E-state index contributed by atoms with van der Waals surface area (Å²) in [6.45, 7) is 1.20. The predicted molar refractivity (Wildman–Crippen MR) is 82.2 cm³/mol. The lowest BCUT2D eigenvalue weighted by atomic mass is 10.1. The number of likely N-dealkylation sites (tertiary alicyclic amines) is 1. The number of hydrogen-bond acceptors (Lipinski definition) is 4. The van der Waals surface area contributed by atoms with Crippen LogP contribution in [0.25, 0.3) is 0 Å². The number of nitro groups is 1. The second kappa shape index (κ2) is 6.84. The van der Waals surface area contributed by atoms with Crippen molar-refractivity contribution in [2.75, 3.05) is 31.6 Å². The fraction of sp³-hybridized carbons (Fsp3) is 0.500. The molecule has 1 fully saturated rings. The number of carbonyl (C=O) groups excluding carboxylic acids is 1. The number of nitro benzene ring substituents is 1. The van der Waals surface area contributed by atoms with Crippen LogP contribution in [0.3, 0.4) is 0 Å². The number of rotatable bonds is 5. The van der Waals surface area contributed by atoms with Gasteiger partial charge in [-0.2, -0.15) is 13.2 Å². The quantitative estimate of drug-likeness (QED) is 0.593. The van der Waals surface area contributed by atoms with E-state index < -0.39 is 27.4 Å². The van der Waals surface area contributed by atoms with E-state index in [1.807, 2.05) is 0 Å². The van der Waals surface area contributed by atoms with Crippen molar-refractivity contribution in [3.8, 4) is 0 Å². The van der Waals surface area contributed by atoms with Crippen LogP contribution in [0.5, 0.6) is 0 Å². The van der Waals surface area contributed by atoms with Gasteiger partial charge in [0.1, 0.15) is 5.69 Å². The Morgan fingerprint density at radius 2 is 2.08 bits per heavy atom. The topological polar surface area (TPSA) is 66.7 Å². The fourth-order valence-electron chi connectivity index (χ4n) is 2.55. The molecule has 0 N–H and O–H groups in total. The molecule has 1 aliphatic heterocycles. The van der Waals surface area contributed by atoms with Crippen LogP contribution >= 0.6 is 11.6 Å². The maximum Gasteiger partial charge on any atom is 0.418 e. The molecular weight excluding hydrogens is 351 g/mol. The zero-order valence-corrected chi connectivity index (χ0v) is 13.5. The van der Waals surface area contributed by atoms with Crippen LogP contribution in [0.2, 0.25) is 5.02 Å². The third-order valence-corrected chi connectivity index (χ3v) is 4.17. The van der Waals surface area contributed by atoms with Crippen molar-refractivity contribution in [1.29, 1.82) is 0 Å². The maximum atomic E-state index is 12.9. The van der Waals surface area contributed by atoms with E-state index in [4.69, 9.17) is 11.6 Å². The lowest BCUT2D eigenvalue weighted by molar-refractivity contribution is -0.384. The van der Waals surface area contributed by atoms with Gasteiger partial charge >= 0.3 is 6.18 Å². The fourth-order valence-corrected chi connectivity index (χ4v) is 2.82. The van der Waals surface area contributed by atoms with Gasteiger partial charge in [0.25, 0.3) is 5.69 Å². The molecule has 0 unspecified atom stereocenters. The van der Waals surface area contributed by atoms with Gasteiger partial charge in [0, 0.05) is 39.2 Å². The van der Waals surface area contributed by atoms with Crippen LogP contribution in [0.4, 0.5) is 24.5 Å². The molecule has 6 nitrogen and oxygen atoms in total. The van der Waals surface area contributed by atoms with Crippen LogP contribution in [0.15, 0.2) is 12.1 Å². The lowest BCUT2D eigenvalue weighted by Gasteiger charge is -2.24. The summed E-state index contributed by atoms with van der Waals surface area (Å²) in [4.78, 5) is 24.9. The molecule has 0 saturated carbocycles. The van der Waals surface area contributed by atoms with Gasteiger partial charge in [-0.15, -0.1) is 0 Å². The van der Waals surface area contributed by atoms with Crippen LogP contribution < -0.4 is 4.90 Å². The van der Waals surface area contributed by atoms with Gasteiger partial charge < -0.3 is 9.80 Å². The molecule has 1 aliphatic rings. The molecule has 1 saturated heterocycles. The zero-order chi connectivity index (χ0) is 18.1. The average molecular weight is 366 g/mol. The largest absolute Gasteiger partial charge is 0.418 e. The highest BCUT2D eigenvalue weighted by atomic mass is 35.5. The van der Waals surface area contributed by atoms with Crippen molar-refractivity contribution < 1.29 is 22.9 Å². The van der Waals surface area contributed by atoms with E-state index in [9.17, 15) is 28.1 Å². The van der Waals surface area contributed by atoms with E-state index in [1.54, 1.807) is 4.90 Å². The second-order valence-electron chi connectivity index (χ2n) is 5.48. The van der Waals surface area contributed by atoms with Crippen molar-refractivity contribution in [1.82, 2.24) is 4.90 Å². The average Bonchev–Trinajstić information content (AvgIpc) is 2.88. The molecule has 0 bridgehead atoms. The molecule has 1 aromatic carbocycles. The summed E-state index contributed by atoms with van der Waals surface area (Å²) in [5.41, 5.74) is -1.95. The molecule has 1 aromatic rings. The highest BCUT2D eigenvalue weighted by molar-refractivity contribution is 6.31. The number of anilines is 1. The first-order chi connectivity index (χ1) is 11.1. The Morgan fingerprint density at radius 3 is 2.58 bits per heavy atom. The molecule has 2 rings (SSSR count).